The molecular formula is C22H30Cl2N2O3. The topological polar surface area (TPSA) is 50.8 Å². The molecule has 4 atom stereocenters. The van der Waals surface area contributed by atoms with Crippen LogP contribution in [0.1, 0.15) is 51.9 Å². The van der Waals surface area contributed by atoms with E-state index in [4.69, 9.17) is 32.7 Å². The van der Waals surface area contributed by atoms with E-state index in [0.717, 1.165) is 51.8 Å². The Morgan fingerprint density at radius 1 is 1.24 bits per heavy atom. The largest absolute Gasteiger partial charge is 0.478 e. The van der Waals surface area contributed by atoms with Crippen LogP contribution in [0.25, 0.3) is 0 Å². The van der Waals surface area contributed by atoms with Gasteiger partial charge in [0.25, 0.3) is 5.91 Å². The number of carbonyl (C=O) groups excluding carboxylic acids is 1. The molecular weight excluding hydrogens is 411 g/mol. The van der Waals surface area contributed by atoms with Crippen LogP contribution in [0.5, 0.6) is 5.75 Å². The van der Waals surface area contributed by atoms with Gasteiger partial charge in [-0.2, -0.15) is 0 Å². The van der Waals surface area contributed by atoms with Crippen molar-refractivity contribution in [1.29, 1.82) is 0 Å². The number of para-hydroxylation sites is 1. The minimum atomic E-state index is -0.676. The average Bonchev–Trinajstić information content (AvgIpc) is 3.39. The number of ether oxygens (including phenoxy) is 2. The molecule has 1 spiro atoms. The van der Waals surface area contributed by atoms with E-state index in [2.05, 4.69) is 10.2 Å². The predicted molar refractivity (Wildman–Crippen MR) is 115 cm³/mol. The number of benzene rings is 1. The van der Waals surface area contributed by atoms with Crippen molar-refractivity contribution in [2.75, 3.05) is 19.7 Å². The normalized spacial score (nSPS) is 31.1. The Bertz CT molecular complexity index is 713. The van der Waals surface area contributed by atoms with Crippen molar-refractivity contribution in [3.05, 3.63) is 28.2 Å². The number of hydrogen-bond acceptors (Lipinski definition) is 4. The van der Waals surface area contributed by atoms with E-state index in [9.17, 15) is 4.79 Å². The highest BCUT2D eigenvalue weighted by Crippen LogP contribution is 2.42. The van der Waals surface area contributed by atoms with Crippen molar-refractivity contribution in [1.82, 2.24) is 10.2 Å². The van der Waals surface area contributed by atoms with Crippen LogP contribution in [-0.2, 0) is 9.53 Å². The van der Waals surface area contributed by atoms with Gasteiger partial charge in [0.2, 0.25) is 0 Å². The molecule has 1 aromatic rings. The molecule has 0 bridgehead atoms. The van der Waals surface area contributed by atoms with Crippen LogP contribution >= 0.6 is 23.2 Å². The van der Waals surface area contributed by atoms with Gasteiger partial charge < -0.3 is 14.8 Å². The van der Waals surface area contributed by atoms with Crippen molar-refractivity contribution in [3.8, 4) is 5.75 Å². The van der Waals surface area contributed by atoms with Gasteiger partial charge in [-0.05, 0) is 77.1 Å². The van der Waals surface area contributed by atoms with E-state index in [1.165, 1.54) is 12.8 Å². The SMILES string of the molecule is CC(Oc1c(Cl)cccc1Cl)C(=O)NC1CCC2(CCCO2)CC1N1CCCC1. The lowest BCUT2D eigenvalue weighted by Crippen LogP contribution is -2.59. The summed E-state index contributed by atoms with van der Waals surface area (Å²) in [6.45, 7) is 4.82. The van der Waals surface area contributed by atoms with Crippen molar-refractivity contribution in [2.24, 2.45) is 0 Å². The zero-order valence-corrected chi connectivity index (χ0v) is 18.5. The van der Waals surface area contributed by atoms with Gasteiger partial charge in [-0.3, -0.25) is 9.69 Å². The number of likely N-dealkylation sites (tertiary alicyclic amines) is 1. The highest BCUT2D eigenvalue weighted by Gasteiger charge is 2.46. The third-order valence-corrected chi connectivity index (χ3v) is 7.26. The van der Waals surface area contributed by atoms with Crippen LogP contribution in [0.15, 0.2) is 18.2 Å². The lowest BCUT2D eigenvalue weighted by atomic mass is 9.76. The van der Waals surface area contributed by atoms with E-state index in [0.29, 0.717) is 21.8 Å². The van der Waals surface area contributed by atoms with Gasteiger partial charge >= 0.3 is 0 Å². The van der Waals surface area contributed by atoms with Crippen molar-refractivity contribution < 1.29 is 14.3 Å². The Morgan fingerprint density at radius 2 is 1.97 bits per heavy atom. The number of rotatable bonds is 5. The molecule has 0 aromatic heterocycles. The molecule has 1 aliphatic carbocycles. The molecule has 3 fully saturated rings. The summed E-state index contributed by atoms with van der Waals surface area (Å²) in [5.74, 6) is 0.231. The van der Waals surface area contributed by atoms with Gasteiger partial charge in [-0.1, -0.05) is 29.3 Å². The van der Waals surface area contributed by atoms with Crippen LogP contribution < -0.4 is 10.1 Å². The summed E-state index contributed by atoms with van der Waals surface area (Å²) >= 11 is 12.4. The average molecular weight is 441 g/mol. The Labute approximate surface area is 183 Å². The highest BCUT2D eigenvalue weighted by molar-refractivity contribution is 6.37. The van der Waals surface area contributed by atoms with Crippen LogP contribution in [-0.4, -0.2) is 54.3 Å². The summed E-state index contributed by atoms with van der Waals surface area (Å²) in [5, 5.41) is 4.08. The molecule has 0 radical (unpaired) electrons. The number of halogens is 2. The van der Waals surface area contributed by atoms with Crippen molar-refractivity contribution in [2.45, 2.75) is 75.7 Å². The molecule has 7 heteroatoms. The van der Waals surface area contributed by atoms with Gasteiger partial charge in [-0.25, -0.2) is 0 Å². The first-order chi connectivity index (χ1) is 14.0. The molecule has 1 aromatic carbocycles. The second kappa shape index (κ2) is 9.01. The monoisotopic (exact) mass is 440 g/mol. The molecule has 2 saturated heterocycles. The third-order valence-electron chi connectivity index (χ3n) is 6.66. The molecule has 3 aliphatic rings. The molecule has 2 aliphatic heterocycles. The summed E-state index contributed by atoms with van der Waals surface area (Å²) < 4.78 is 12.0. The van der Waals surface area contributed by atoms with Crippen LogP contribution in [0.3, 0.4) is 0 Å². The molecule has 4 rings (SSSR count). The lowest BCUT2D eigenvalue weighted by molar-refractivity contribution is -0.130. The predicted octanol–water partition coefficient (Wildman–Crippen LogP) is 4.44. The van der Waals surface area contributed by atoms with Gasteiger partial charge in [0.05, 0.1) is 15.6 Å². The van der Waals surface area contributed by atoms with Crippen molar-refractivity contribution >= 4 is 29.1 Å². The smallest absolute Gasteiger partial charge is 0.261 e. The quantitative estimate of drug-likeness (QED) is 0.734. The minimum absolute atomic E-state index is 0.0156. The summed E-state index contributed by atoms with van der Waals surface area (Å²) in [6, 6.07) is 5.61. The fraction of sp³-hybridized carbons (Fsp3) is 0.682. The zero-order chi connectivity index (χ0) is 20.4. The zero-order valence-electron chi connectivity index (χ0n) is 17.0. The molecule has 1 amide bonds. The summed E-state index contributed by atoms with van der Waals surface area (Å²) in [5.41, 5.74) is 0.0156. The Morgan fingerprint density at radius 3 is 2.62 bits per heavy atom. The molecule has 4 unspecified atom stereocenters. The fourth-order valence-corrected chi connectivity index (χ4v) is 5.59. The Kier molecular flexibility index (Phi) is 6.59. The number of nitrogens with zero attached hydrogens (tertiary/aromatic N) is 1. The second-order valence-electron chi connectivity index (χ2n) is 8.61. The number of hydrogen-bond donors (Lipinski definition) is 1. The molecule has 2 heterocycles. The number of amides is 1. The van der Waals surface area contributed by atoms with E-state index in [1.54, 1.807) is 25.1 Å². The van der Waals surface area contributed by atoms with Gasteiger partial charge in [0, 0.05) is 18.7 Å². The molecule has 1 saturated carbocycles. The summed E-state index contributed by atoms with van der Waals surface area (Å²) in [4.78, 5) is 15.5. The lowest BCUT2D eigenvalue weighted by Gasteiger charge is -2.46. The van der Waals surface area contributed by atoms with Gasteiger partial charge in [0.1, 0.15) is 0 Å². The molecule has 160 valence electrons. The first-order valence-corrected chi connectivity index (χ1v) is 11.5. The maximum Gasteiger partial charge on any atom is 0.261 e. The van der Waals surface area contributed by atoms with E-state index < -0.39 is 6.10 Å². The Hall–Kier alpha value is -1.01. The second-order valence-corrected chi connectivity index (χ2v) is 9.43. The molecule has 5 nitrogen and oxygen atoms in total. The maximum atomic E-state index is 12.9. The first-order valence-electron chi connectivity index (χ1n) is 10.8. The van der Waals surface area contributed by atoms with Crippen LogP contribution in [0.2, 0.25) is 10.0 Å². The number of carbonyl (C=O) groups is 1. The fourth-order valence-electron chi connectivity index (χ4n) is 5.10. The van der Waals surface area contributed by atoms with Crippen LogP contribution in [0.4, 0.5) is 0 Å². The molecule has 29 heavy (non-hydrogen) atoms. The Balaban J connectivity index is 1.42. The van der Waals surface area contributed by atoms with E-state index >= 15 is 0 Å². The summed E-state index contributed by atoms with van der Waals surface area (Å²) in [7, 11) is 0. The van der Waals surface area contributed by atoms with Crippen LogP contribution in [0, 0.1) is 0 Å². The minimum Gasteiger partial charge on any atom is -0.478 e. The standard InChI is InChI=1S/C22H30Cl2N2O3/c1-15(29-20-16(23)6-4-7-17(20)24)21(27)25-18-8-10-22(9-5-13-28-22)14-19(18)26-11-2-3-12-26/h4,6-7,15,18-19H,2-3,5,8-14H2,1H3,(H,25,27). The van der Waals surface area contributed by atoms with Gasteiger partial charge in [0.15, 0.2) is 11.9 Å². The van der Waals surface area contributed by atoms with E-state index in [-0.39, 0.29) is 17.6 Å². The molecule has 1 N–H and O–H groups in total. The first kappa shape index (κ1) is 21.2. The van der Waals surface area contributed by atoms with E-state index in [1.807, 2.05) is 0 Å². The highest BCUT2D eigenvalue weighted by atomic mass is 35.5. The van der Waals surface area contributed by atoms with Gasteiger partial charge in [-0.15, -0.1) is 0 Å². The number of nitrogens with one attached hydrogen (secondary N) is 1. The third kappa shape index (κ3) is 4.68. The maximum absolute atomic E-state index is 12.9. The van der Waals surface area contributed by atoms with Crippen molar-refractivity contribution in [3.63, 3.8) is 0 Å². The summed E-state index contributed by atoms with van der Waals surface area (Å²) in [6.07, 6.45) is 7.02.